The van der Waals surface area contributed by atoms with Crippen LogP contribution in [0.15, 0.2) is 47.7 Å². The van der Waals surface area contributed by atoms with Gasteiger partial charge in [-0.1, -0.05) is 18.2 Å². The molecular formula is C18H20N4O. The number of aromatic nitrogens is 3. The van der Waals surface area contributed by atoms with Gasteiger partial charge in [0.15, 0.2) is 0 Å². The predicted molar refractivity (Wildman–Crippen MR) is 91.9 cm³/mol. The molecule has 0 amide bonds. The van der Waals surface area contributed by atoms with Gasteiger partial charge in [-0.15, -0.1) is 0 Å². The molecular weight excluding hydrogens is 288 g/mol. The monoisotopic (exact) mass is 308 g/mol. The second kappa shape index (κ2) is 5.91. The number of nitrogens with one attached hydrogen (secondary N) is 1. The van der Waals surface area contributed by atoms with Crippen molar-refractivity contribution in [2.24, 2.45) is 0 Å². The molecule has 0 atom stereocenters. The van der Waals surface area contributed by atoms with Crippen molar-refractivity contribution in [3.8, 4) is 0 Å². The lowest BCUT2D eigenvalue weighted by Crippen LogP contribution is -2.31. The van der Waals surface area contributed by atoms with Gasteiger partial charge in [0, 0.05) is 31.5 Å². The number of hydrogen-bond donors (Lipinski definition) is 1. The number of H-pyrrole nitrogens is 1. The molecule has 5 heteroatoms. The normalized spacial score (nSPS) is 14.2. The molecule has 2 aromatic heterocycles. The van der Waals surface area contributed by atoms with Crippen molar-refractivity contribution < 1.29 is 0 Å². The number of hydrogen-bond acceptors (Lipinski definition) is 3. The summed E-state index contributed by atoms with van der Waals surface area (Å²) >= 11 is 0. The van der Waals surface area contributed by atoms with Crippen LogP contribution in [0.2, 0.25) is 0 Å². The molecule has 4 rings (SSSR count). The van der Waals surface area contributed by atoms with E-state index in [9.17, 15) is 4.79 Å². The van der Waals surface area contributed by atoms with Crippen molar-refractivity contribution in [2.45, 2.75) is 25.8 Å². The number of aryl methyl sites for hydroxylation is 2. The Bertz CT molecular complexity index is 880. The van der Waals surface area contributed by atoms with Crippen LogP contribution in [-0.4, -0.2) is 27.6 Å². The van der Waals surface area contributed by atoms with Gasteiger partial charge in [-0.25, -0.2) is 4.98 Å². The number of aromatic amines is 1. The predicted octanol–water partition coefficient (Wildman–Crippen LogP) is 2.57. The van der Waals surface area contributed by atoms with E-state index in [4.69, 9.17) is 0 Å². The molecule has 1 aromatic carbocycles. The molecule has 0 fully saturated rings. The van der Waals surface area contributed by atoms with Gasteiger partial charge in [-0.05, 0) is 37.0 Å². The standard InChI is InChI=1S/C18H20N4O/c23-18-17-15(8-9-19-17)20-13-22(18)12-4-11-21-10-3-6-14-5-1-2-7-16(14)21/h1-2,5,7-9,13,19H,3-4,6,10-12H2. The first-order valence-electron chi connectivity index (χ1n) is 8.18. The molecule has 0 radical (unpaired) electrons. The van der Waals surface area contributed by atoms with Crippen LogP contribution in [0.5, 0.6) is 0 Å². The summed E-state index contributed by atoms with van der Waals surface area (Å²) in [6.07, 6.45) is 6.71. The van der Waals surface area contributed by atoms with E-state index in [-0.39, 0.29) is 5.56 Å². The highest BCUT2D eigenvalue weighted by Crippen LogP contribution is 2.26. The van der Waals surface area contributed by atoms with Gasteiger partial charge in [-0.2, -0.15) is 0 Å². The van der Waals surface area contributed by atoms with Crippen LogP contribution in [0.4, 0.5) is 5.69 Å². The van der Waals surface area contributed by atoms with Gasteiger partial charge in [0.25, 0.3) is 5.56 Å². The number of rotatable bonds is 4. The fourth-order valence-electron chi connectivity index (χ4n) is 3.40. The zero-order valence-corrected chi connectivity index (χ0v) is 13.0. The molecule has 1 N–H and O–H groups in total. The van der Waals surface area contributed by atoms with E-state index in [0.717, 1.165) is 25.0 Å². The summed E-state index contributed by atoms with van der Waals surface area (Å²) in [6.45, 7) is 2.76. The first-order chi connectivity index (χ1) is 11.3. The van der Waals surface area contributed by atoms with Gasteiger partial charge in [0.05, 0.1) is 11.8 Å². The molecule has 1 aliphatic heterocycles. The summed E-state index contributed by atoms with van der Waals surface area (Å²) in [6, 6.07) is 10.5. The van der Waals surface area contributed by atoms with Crippen LogP contribution in [-0.2, 0) is 13.0 Å². The van der Waals surface area contributed by atoms with Gasteiger partial charge in [0.1, 0.15) is 5.52 Å². The second-order valence-corrected chi connectivity index (χ2v) is 6.05. The number of para-hydroxylation sites is 1. The minimum absolute atomic E-state index is 0.0130. The lowest BCUT2D eigenvalue weighted by molar-refractivity contribution is 0.587. The summed E-state index contributed by atoms with van der Waals surface area (Å²) in [5, 5.41) is 0. The molecule has 5 nitrogen and oxygen atoms in total. The molecule has 3 heterocycles. The number of benzene rings is 1. The van der Waals surface area contributed by atoms with Gasteiger partial charge >= 0.3 is 0 Å². The van der Waals surface area contributed by atoms with E-state index >= 15 is 0 Å². The number of nitrogens with zero attached hydrogens (tertiary/aromatic N) is 3. The molecule has 0 spiro atoms. The molecule has 0 aliphatic carbocycles. The van der Waals surface area contributed by atoms with Crippen LogP contribution < -0.4 is 10.5 Å². The van der Waals surface area contributed by atoms with Crippen molar-refractivity contribution >= 4 is 16.7 Å². The van der Waals surface area contributed by atoms with Crippen LogP contribution in [0, 0.1) is 0 Å². The van der Waals surface area contributed by atoms with E-state index in [1.165, 1.54) is 24.1 Å². The van der Waals surface area contributed by atoms with E-state index in [2.05, 4.69) is 39.1 Å². The fourth-order valence-corrected chi connectivity index (χ4v) is 3.40. The maximum Gasteiger partial charge on any atom is 0.277 e. The first kappa shape index (κ1) is 14.1. The van der Waals surface area contributed by atoms with Gasteiger partial charge in [0.2, 0.25) is 0 Å². The topological polar surface area (TPSA) is 53.9 Å². The van der Waals surface area contributed by atoms with Crippen LogP contribution in [0.25, 0.3) is 11.0 Å². The molecule has 0 bridgehead atoms. The zero-order valence-electron chi connectivity index (χ0n) is 13.0. The Morgan fingerprint density at radius 2 is 2.09 bits per heavy atom. The molecule has 118 valence electrons. The summed E-state index contributed by atoms with van der Waals surface area (Å²) < 4.78 is 1.70. The zero-order chi connectivity index (χ0) is 15.6. The number of fused-ring (bicyclic) bond motifs is 2. The molecule has 0 saturated carbocycles. The van der Waals surface area contributed by atoms with Crippen LogP contribution >= 0.6 is 0 Å². The summed E-state index contributed by atoms with van der Waals surface area (Å²) in [7, 11) is 0. The summed E-state index contributed by atoms with van der Waals surface area (Å²) in [5.74, 6) is 0. The summed E-state index contributed by atoms with van der Waals surface area (Å²) in [5.41, 5.74) is 4.13. The maximum absolute atomic E-state index is 12.3. The Morgan fingerprint density at radius 3 is 3.04 bits per heavy atom. The molecule has 23 heavy (non-hydrogen) atoms. The van der Waals surface area contributed by atoms with Crippen LogP contribution in [0.1, 0.15) is 18.4 Å². The minimum atomic E-state index is 0.0130. The average Bonchev–Trinajstić information content (AvgIpc) is 3.07. The average molecular weight is 308 g/mol. The smallest absolute Gasteiger partial charge is 0.277 e. The van der Waals surface area contributed by atoms with Crippen molar-refractivity contribution in [3.05, 3.63) is 58.8 Å². The Kier molecular flexibility index (Phi) is 3.61. The SMILES string of the molecule is O=c1c2[nH]ccc2ncn1CCCN1CCCc2ccccc21. The largest absolute Gasteiger partial charge is 0.371 e. The van der Waals surface area contributed by atoms with E-state index in [1.807, 2.05) is 6.07 Å². The Hall–Kier alpha value is -2.56. The Balaban J connectivity index is 1.46. The van der Waals surface area contributed by atoms with E-state index in [0.29, 0.717) is 12.1 Å². The fraction of sp³-hybridized carbons (Fsp3) is 0.333. The molecule has 0 unspecified atom stereocenters. The third kappa shape index (κ3) is 2.63. The van der Waals surface area contributed by atoms with Crippen molar-refractivity contribution in [1.29, 1.82) is 0 Å². The van der Waals surface area contributed by atoms with Crippen molar-refractivity contribution in [2.75, 3.05) is 18.0 Å². The number of anilines is 1. The van der Waals surface area contributed by atoms with E-state index < -0.39 is 0 Å². The first-order valence-corrected chi connectivity index (χ1v) is 8.18. The molecule has 0 saturated heterocycles. The Morgan fingerprint density at radius 1 is 1.17 bits per heavy atom. The van der Waals surface area contributed by atoms with Gasteiger partial charge in [-0.3, -0.25) is 9.36 Å². The third-order valence-electron chi connectivity index (χ3n) is 4.57. The Labute approximate surface area is 134 Å². The highest BCUT2D eigenvalue weighted by molar-refractivity contribution is 5.73. The minimum Gasteiger partial charge on any atom is -0.371 e. The second-order valence-electron chi connectivity index (χ2n) is 6.05. The maximum atomic E-state index is 12.3. The lowest BCUT2D eigenvalue weighted by atomic mass is 10.0. The molecule has 3 aromatic rings. The van der Waals surface area contributed by atoms with Crippen molar-refractivity contribution in [1.82, 2.24) is 14.5 Å². The van der Waals surface area contributed by atoms with E-state index in [1.54, 1.807) is 17.1 Å². The lowest BCUT2D eigenvalue weighted by Gasteiger charge is -2.31. The third-order valence-corrected chi connectivity index (χ3v) is 4.57. The van der Waals surface area contributed by atoms with Gasteiger partial charge < -0.3 is 9.88 Å². The highest BCUT2D eigenvalue weighted by Gasteiger charge is 2.15. The molecule has 1 aliphatic rings. The summed E-state index contributed by atoms with van der Waals surface area (Å²) in [4.78, 5) is 22.1. The quantitative estimate of drug-likeness (QED) is 0.806. The highest BCUT2D eigenvalue weighted by atomic mass is 16.1. The van der Waals surface area contributed by atoms with Crippen LogP contribution in [0.3, 0.4) is 0 Å². The van der Waals surface area contributed by atoms with Crippen molar-refractivity contribution in [3.63, 3.8) is 0 Å².